The van der Waals surface area contributed by atoms with Gasteiger partial charge in [-0.1, -0.05) is 53.9 Å². The largest absolute Gasteiger partial charge is 0.419 e. The molecule has 32 heavy (non-hydrogen) atoms. The summed E-state index contributed by atoms with van der Waals surface area (Å²) in [5.41, 5.74) is -0.416. The molecule has 4 rings (SSSR count). The molecule has 0 aliphatic heterocycles. The number of Topliss-reactive ketones (excluding diaryl/α,β-unsaturated/α-hetero) is 1. The van der Waals surface area contributed by atoms with Crippen LogP contribution in [-0.2, 0) is 4.79 Å². The standard InChI is InChI=1S/C28H43F3O/c1-17(2)7-6-8-18(3)20-11-12-21-19-9-10-23-25(28(29,30)31)24(32)14-16-27(23,5)22(19)13-15-26(20,21)4/h17-22H,6-16H2,1-5H3/t18-,19+,20-,21+,22+,26-,27-/m1/s1. The van der Waals surface area contributed by atoms with Crippen molar-refractivity contribution in [3.63, 3.8) is 0 Å². The Hall–Kier alpha value is -0.800. The minimum Gasteiger partial charge on any atom is -0.294 e. The third-order valence-corrected chi connectivity index (χ3v) is 10.6. The van der Waals surface area contributed by atoms with Gasteiger partial charge in [0.05, 0.1) is 5.57 Å². The third-order valence-electron chi connectivity index (χ3n) is 10.6. The molecule has 0 aromatic rings. The van der Waals surface area contributed by atoms with Crippen molar-refractivity contribution >= 4 is 5.78 Å². The van der Waals surface area contributed by atoms with Crippen LogP contribution in [0.4, 0.5) is 13.2 Å². The smallest absolute Gasteiger partial charge is 0.294 e. The molecule has 0 N–H and O–H groups in total. The molecule has 0 spiro atoms. The lowest BCUT2D eigenvalue weighted by molar-refractivity contribution is -0.135. The zero-order chi connectivity index (χ0) is 23.5. The summed E-state index contributed by atoms with van der Waals surface area (Å²) in [6.45, 7) is 11.6. The molecule has 1 nitrogen and oxygen atoms in total. The second-order valence-corrected chi connectivity index (χ2v) is 12.6. The lowest BCUT2D eigenvalue weighted by Gasteiger charge is -2.59. The first-order valence-corrected chi connectivity index (χ1v) is 13.2. The van der Waals surface area contributed by atoms with Crippen molar-refractivity contribution < 1.29 is 18.0 Å². The van der Waals surface area contributed by atoms with Crippen LogP contribution < -0.4 is 0 Å². The van der Waals surface area contributed by atoms with Gasteiger partial charge < -0.3 is 0 Å². The molecule has 7 atom stereocenters. The minimum absolute atomic E-state index is 0.0650. The fourth-order valence-corrected chi connectivity index (χ4v) is 9.07. The van der Waals surface area contributed by atoms with Gasteiger partial charge in [0.2, 0.25) is 0 Å². The summed E-state index contributed by atoms with van der Waals surface area (Å²) < 4.78 is 41.5. The van der Waals surface area contributed by atoms with Crippen LogP contribution in [0, 0.1) is 46.3 Å². The van der Waals surface area contributed by atoms with Crippen LogP contribution in [0.5, 0.6) is 0 Å². The van der Waals surface area contributed by atoms with E-state index in [0.717, 1.165) is 37.0 Å². The molecule has 3 fully saturated rings. The van der Waals surface area contributed by atoms with Crippen LogP contribution in [-0.4, -0.2) is 12.0 Å². The lowest BCUT2D eigenvalue weighted by Crippen LogP contribution is -2.52. The van der Waals surface area contributed by atoms with E-state index in [2.05, 4.69) is 34.6 Å². The monoisotopic (exact) mass is 452 g/mol. The Morgan fingerprint density at radius 2 is 1.66 bits per heavy atom. The summed E-state index contributed by atoms with van der Waals surface area (Å²) >= 11 is 0. The average molecular weight is 453 g/mol. The number of fused-ring (bicyclic) bond motifs is 5. The second kappa shape index (κ2) is 8.45. The Kier molecular flexibility index (Phi) is 6.42. The van der Waals surface area contributed by atoms with Gasteiger partial charge in [-0.25, -0.2) is 0 Å². The molecule has 0 bridgehead atoms. The summed E-state index contributed by atoms with van der Waals surface area (Å²) in [7, 11) is 0. The molecule has 182 valence electrons. The Morgan fingerprint density at radius 3 is 2.31 bits per heavy atom. The fraction of sp³-hybridized carbons (Fsp3) is 0.893. The van der Waals surface area contributed by atoms with Gasteiger partial charge in [0.25, 0.3) is 0 Å². The maximum absolute atomic E-state index is 13.8. The van der Waals surface area contributed by atoms with Crippen molar-refractivity contribution in [3.8, 4) is 0 Å². The molecule has 0 aromatic heterocycles. The minimum atomic E-state index is -4.51. The average Bonchev–Trinajstić information content (AvgIpc) is 3.04. The van der Waals surface area contributed by atoms with E-state index in [9.17, 15) is 18.0 Å². The van der Waals surface area contributed by atoms with Gasteiger partial charge in [-0.05, 0) is 96.9 Å². The highest BCUT2D eigenvalue weighted by Gasteiger charge is 2.61. The number of carbonyl (C=O) groups excluding carboxylic acids is 1. The maximum Gasteiger partial charge on any atom is 0.419 e. The van der Waals surface area contributed by atoms with Crippen molar-refractivity contribution in [2.24, 2.45) is 46.3 Å². The van der Waals surface area contributed by atoms with Gasteiger partial charge >= 0.3 is 6.18 Å². The number of hydrogen-bond acceptors (Lipinski definition) is 1. The van der Waals surface area contributed by atoms with Crippen LogP contribution in [0.1, 0.15) is 105 Å². The van der Waals surface area contributed by atoms with Gasteiger partial charge in [-0.2, -0.15) is 13.2 Å². The molecule has 0 aromatic carbocycles. The Labute approximate surface area is 193 Å². The summed E-state index contributed by atoms with van der Waals surface area (Å²) in [5.74, 6) is 3.06. The van der Waals surface area contributed by atoms with E-state index >= 15 is 0 Å². The SMILES string of the molecule is CC(C)CCC[C@@H](C)[C@H]1CC[C@H]2[C@@H]3CCC4=C(C(F)(F)F)C(=O)CC[C@]4(C)[C@H]3CC[C@]12C. The number of hydrogen-bond donors (Lipinski definition) is 0. The summed E-state index contributed by atoms with van der Waals surface area (Å²) in [5, 5.41) is 0. The van der Waals surface area contributed by atoms with Crippen molar-refractivity contribution in [1.29, 1.82) is 0 Å². The number of carbonyl (C=O) groups is 1. The van der Waals surface area contributed by atoms with Gasteiger partial charge in [0.1, 0.15) is 0 Å². The first-order chi connectivity index (χ1) is 14.9. The molecular weight excluding hydrogens is 409 g/mol. The highest BCUT2D eigenvalue weighted by Crippen LogP contribution is 2.68. The summed E-state index contributed by atoms with van der Waals surface area (Å²) in [6.07, 6.45) is 6.12. The Morgan fingerprint density at radius 1 is 0.938 bits per heavy atom. The second-order valence-electron chi connectivity index (χ2n) is 12.6. The molecule has 3 saturated carbocycles. The normalized spacial score (nSPS) is 40.8. The summed E-state index contributed by atoms with van der Waals surface area (Å²) in [4.78, 5) is 12.3. The molecule has 0 unspecified atom stereocenters. The lowest BCUT2D eigenvalue weighted by atomic mass is 9.46. The first kappa shape index (κ1) is 24.3. The first-order valence-electron chi connectivity index (χ1n) is 13.2. The molecule has 4 heteroatoms. The molecule has 4 aliphatic carbocycles. The van der Waals surface area contributed by atoms with Crippen molar-refractivity contribution in [2.45, 2.75) is 111 Å². The molecule has 4 aliphatic rings. The summed E-state index contributed by atoms with van der Waals surface area (Å²) in [6, 6.07) is 0. The predicted octanol–water partition coefficient (Wildman–Crippen LogP) is 8.53. The number of allylic oxidation sites excluding steroid dienone is 1. The van der Waals surface area contributed by atoms with E-state index in [1.165, 1.54) is 32.1 Å². The van der Waals surface area contributed by atoms with E-state index in [4.69, 9.17) is 0 Å². The van der Waals surface area contributed by atoms with Crippen molar-refractivity contribution in [2.75, 3.05) is 0 Å². The fourth-order valence-electron chi connectivity index (χ4n) is 9.07. The van der Waals surface area contributed by atoms with E-state index in [-0.39, 0.29) is 6.42 Å². The van der Waals surface area contributed by atoms with Gasteiger partial charge in [0.15, 0.2) is 5.78 Å². The molecule has 0 amide bonds. The van der Waals surface area contributed by atoms with Crippen molar-refractivity contribution in [1.82, 2.24) is 0 Å². The van der Waals surface area contributed by atoms with Crippen LogP contribution in [0.2, 0.25) is 0 Å². The van der Waals surface area contributed by atoms with E-state index in [0.29, 0.717) is 41.6 Å². The maximum atomic E-state index is 13.8. The van der Waals surface area contributed by atoms with Gasteiger partial charge in [-0.3, -0.25) is 4.79 Å². The van der Waals surface area contributed by atoms with E-state index < -0.39 is 22.9 Å². The molecule has 0 saturated heterocycles. The number of ketones is 1. The predicted molar refractivity (Wildman–Crippen MR) is 123 cm³/mol. The highest BCUT2D eigenvalue weighted by atomic mass is 19.4. The molecule has 0 heterocycles. The van der Waals surface area contributed by atoms with E-state index in [1.807, 2.05) is 0 Å². The zero-order valence-corrected chi connectivity index (χ0v) is 20.8. The third kappa shape index (κ3) is 3.90. The van der Waals surface area contributed by atoms with Crippen LogP contribution >= 0.6 is 0 Å². The van der Waals surface area contributed by atoms with Crippen molar-refractivity contribution in [3.05, 3.63) is 11.1 Å². The Bertz CT molecular complexity index is 765. The topological polar surface area (TPSA) is 17.1 Å². The zero-order valence-electron chi connectivity index (χ0n) is 20.8. The molecular formula is C28H43F3O. The number of alkyl halides is 3. The molecule has 0 radical (unpaired) electrons. The highest BCUT2D eigenvalue weighted by molar-refractivity contribution is 5.98. The quantitative estimate of drug-likeness (QED) is 0.408. The number of rotatable bonds is 5. The number of halogens is 3. The van der Waals surface area contributed by atoms with Gasteiger partial charge in [0, 0.05) is 6.42 Å². The van der Waals surface area contributed by atoms with Crippen LogP contribution in [0.15, 0.2) is 11.1 Å². The van der Waals surface area contributed by atoms with E-state index in [1.54, 1.807) is 0 Å². The van der Waals surface area contributed by atoms with Gasteiger partial charge in [-0.15, -0.1) is 0 Å². The van der Waals surface area contributed by atoms with Crippen LogP contribution in [0.3, 0.4) is 0 Å². The van der Waals surface area contributed by atoms with Crippen LogP contribution in [0.25, 0.3) is 0 Å². The Balaban J connectivity index is 1.56.